The minimum atomic E-state index is 0.249. The van der Waals surface area contributed by atoms with Gasteiger partial charge in [-0.3, -0.25) is 0 Å². The van der Waals surface area contributed by atoms with Crippen LogP contribution in [-0.4, -0.2) is 15.3 Å². The van der Waals surface area contributed by atoms with Gasteiger partial charge in [0.2, 0.25) is 0 Å². The van der Waals surface area contributed by atoms with Gasteiger partial charge in [-0.1, -0.05) is 35.3 Å². The third-order valence-electron chi connectivity index (χ3n) is 2.67. The van der Waals surface area contributed by atoms with Crippen molar-refractivity contribution >= 4 is 35.0 Å². The summed E-state index contributed by atoms with van der Waals surface area (Å²) < 4.78 is 2.08. The van der Waals surface area contributed by atoms with Gasteiger partial charge in [0.1, 0.15) is 0 Å². The lowest BCUT2D eigenvalue weighted by Gasteiger charge is -2.18. The summed E-state index contributed by atoms with van der Waals surface area (Å²) >= 11 is 13.9. The Morgan fingerprint density at radius 1 is 1.42 bits per heavy atom. The Morgan fingerprint density at radius 3 is 2.89 bits per heavy atom. The van der Waals surface area contributed by atoms with E-state index >= 15 is 0 Å². The van der Waals surface area contributed by atoms with Gasteiger partial charge < -0.3 is 4.57 Å². The molecule has 0 saturated carbocycles. The Morgan fingerprint density at radius 2 is 2.26 bits per heavy atom. The highest BCUT2D eigenvalue weighted by Crippen LogP contribution is 2.30. The molecule has 0 aliphatic carbocycles. The average molecular weight is 313 g/mol. The van der Waals surface area contributed by atoms with Crippen LogP contribution >= 0.6 is 35.0 Å². The molecule has 2 rings (SSSR count). The number of hydrogen-bond donors (Lipinski definition) is 0. The van der Waals surface area contributed by atoms with Gasteiger partial charge in [-0.25, -0.2) is 4.98 Å². The maximum atomic E-state index is 6.23. The van der Waals surface area contributed by atoms with Gasteiger partial charge in [0.25, 0.3) is 0 Å². The monoisotopic (exact) mass is 312 g/mol. The fourth-order valence-corrected chi connectivity index (χ4v) is 3.18. The molecule has 1 atom stereocenters. The van der Waals surface area contributed by atoms with Crippen molar-refractivity contribution in [3.8, 4) is 0 Å². The molecule has 2 aromatic rings. The lowest BCUT2D eigenvalue weighted by Crippen LogP contribution is -2.07. The Bertz CT molecular complexity index is 540. The molecule has 1 aromatic carbocycles. The van der Waals surface area contributed by atoms with Gasteiger partial charge in [0.05, 0.1) is 11.7 Å². The largest absolute Gasteiger partial charge is 0.325 e. The molecule has 0 aliphatic rings. The number of hydrogen-bond acceptors (Lipinski definition) is 2. The first kappa shape index (κ1) is 14.5. The van der Waals surface area contributed by atoms with Crippen LogP contribution in [0.4, 0.5) is 0 Å². The van der Waals surface area contributed by atoms with E-state index in [1.54, 1.807) is 24.0 Å². The van der Waals surface area contributed by atoms with E-state index in [-0.39, 0.29) is 5.37 Å². The molecule has 1 aromatic heterocycles. The molecule has 2 nitrogen and oxygen atoms in total. The summed E-state index contributed by atoms with van der Waals surface area (Å²) in [5, 5.41) is 1.61. The first-order valence-electron chi connectivity index (χ1n) is 5.84. The number of rotatable bonds is 6. The van der Waals surface area contributed by atoms with Crippen molar-refractivity contribution in [2.24, 2.45) is 0 Å². The van der Waals surface area contributed by atoms with Crippen molar-refractivity contribution < 1.29 is 0 Å². The van der Waals surface area contributed by atoms with Crippen LogP contribution in [-0.2, 0) is 6.42 Å². The summed E-state index contributed by atoms with van der Waals surface area (Å²) in [5.41, 5.74) is 1.08. The summed E-state index contributed by atoms with van der Waals surface area (Å²) in [6.45, 7) is 3.76. The third-order valence-corrected chi connectivity index (χ3v) is 4.48. The van der Waals surface area contributed by atoms with Crippen molar-refractivity contribution in [1.29, 1.82) is 0 Å². The number of thioether (sulfide) groups is 1. The molecule has 19 heavy (non-hydrogen) atoms. The predicted molar refractivity (Wildman–Crippen MR) is 84.1 cm³/mol. The van der Waals surface area contributed by atoms with Crippen LogP contribution in [0.1, 0.15) is 10.9 Å². The average Bonchev–Trinajstić information content (AvgIpc) is 2.90. The molecular weight excluding hydrogens is 299 g/mol. The molecule has 100 valence electrons. The Labute approximate surface area is 127 Å². The van der Waals surface area contributed by atoms with E-state index < -0.39 is 0 Å². The van der Waals surface area contributed by atoms with E-state index in [0.717, 1.165) is 17.7 Å². The minimum absolute atomic E-state index is 0.249. The van der Waals surface area contributed by atoms with Gasteiger partial charge in [0.15, 0.2) is 0 Å². The van der Waals surface area contributed by atoms with E-state index in [0.29, 0.717) is 10.0 Å². The van der Waals surface area contributed by atoms with Gasteiger partial charge >= 0.3 is 0 Å². The van der Waals surface area contributed by atoms with E-state index in [1.165, 1.54) is 0 Å². The Hall–Kier alpha value is -0.900. The van der Waals surface area contributed by atoms with Crippen LogP contribution in [0.5, 0.6) is 0 Å². The molecule has 1 unspecified atom stereocenters. The zero-order valence-corrected chi connectivity index (χ0v) is 12.6. The normalized spacial score (nSPS) is 12.3. The summed E-state index contributed by atoms with van der Waals surface area (Å²) in [6, 6.07) is 5.62. The molecule has 5 heteroatoms. The molecule has 0 N–H and O–H groups in total. The molecule has 0 amide bonds. The van der Waals surface area contributed by atoms with Gasteiger partial charge in [-0.15, -0.1) is 18.3 Å². The lowest BCUT2D eigenvalue weighted by molar-refractivity contribution is 0.675. The fraction of sp³-hybridized carbons (Fsp3) is 0.214. The van der Waals surface area contributed by atoms with Crippen LogP contribution in [0.2, 0.25) is 10.0 Å². The Kier molecular flexibility index (Phi) is 5.37. The highest BCUT2D eigenvalue weighted by Gasteiger charge is 2.13. The van der Waals surface area contributed by atoms with E-state index in [4.69, 9.17) is 23.2 Å². The third kappa shape index (κ3) is 4.03. The molecule has 0 radical (unpaired) electrons. The zero-order chi connectivity index (χ0) is 13.7. The van der Waals surface area contributed by atoms with Gasteiger partial charge in [0, 0.05) is 34.6 Å². The van der Waals surface area contributed by atoms with Crippen LogP contribution in [0.15, 0.2) is 49.6 Å². The SMILES string of the molecule is C=CCSC(Cc1ccc(Cl)cc1Cl)n1ccnc1. The molecular formula is C14H14Cl2N2S. The second-order valence-corrected chi connectivity index (χ2v) is 6.08. The number of imidazole rings is 1. The summed E-state index contributed by atoms with van der Waals surface area (Å²) in [4.78, 5) is 4.10. The molecule has 0 spiro atoms. The van der Waals surface area contributed by atoms with Crippen LogP contribution in [0.25, 0.3) is 0 Å². The number of nitrogens with zero attached hydrogens (tertiary/aromatic N) is 2. The first-order valence-corrected chi connectivity index (χ1v) is 7.65. The highest BCUT2D eigenvalue weighted by atomic mass is 35.5. The van der Waals surface area contributed by atoms with Crippen molar-refractivity contribution in [3.05, 3.63) is 65.2 Å². The number of halogens is 2. The van der Waals surface area contributed by atoms with E-state index in [9.17, 15) is 0 Å². The van der Waals surface area contributed by atoms with Crippen molar-refractivity contribution in [3.63, 3.8) is 0 Å². The standard InChI is InChI=1S/C14H14Cl2N2S/c1-2-7-19-14(18-6-5-17-10-18)8-11-3-4-12(15)9-13(11)16/h2-6,9-10,14H,1,7-8H2. The smallest absolute Gasteiger partial charge is 0.0955 e. The van der Waals surface area contributed by atoms with E-state index in [1.807, 2.05) is 30.7 Å². The lowest BCUT2D eigenvalue weighted by atomic mass is 10.1. The van der Waals surface area contributed by atoms with Gasteiger partial charge in [-0.05, 0) is 17.7 Å². The second-order valence-electron chi connectivity index (χ2n) is 4.03. The summed E-state index contributed by atoms with van der Waals surface area (Å²) in [6.07, 6.45) is 8.29. The second kappa shape index (κ2) is 7.04. The predicted octanol–water partition coefficient (Wildman–Crippen LogP) is 4.85. The highest BCUT2D eigenvalue weighted by molar-refractivity contribution is 7.99. The van der Waals surface area contributed by atoms with Gasteiger partial charge in [-0.2, -0.15) is 0 Å². The molecule has 0 saturated heterocycles. The number of benzene rings is 1. The molecule has 1 heterocycles. The summed E-state index contributed by atoms with van der Waals surface area (Å²) in [7, 11) is 0. The van der Waals surface area contributed by atoms with Crippen LogP contribution in [0.3, 0.4) is 0 Å². The van der Waals surface area contributed by atoms with Crippen LogP contribution in [0, 0.1) is 0 Å². The van der Waals surface area contributed by atoms with Crippen LogP contribution < -0.4 is 0 Å². The fourth-order valence-electron chi connectivity index (χ4n) is 1.74. The molecule has 0 bridgehead atoms. The number of aromatic nitrogens is 2. The zero-order valence-electron chi connectivity index (χ0n) is 10.3. The Balaban J connectivity index is 2.17. The maximum Gasteiger partial charge on any atom is 0.0955 e. The van der Waals surface area contributed by atoms with Crippen molar-refractivity contribution in [1.82, 2.24) is 9.55 Å². The molecule has 0 aliphatic heterocycles. The minimum Gasteiger partial charge on any atom is -0.325 e. The topological polar surface area (TPSA) is 17.8 Å². The van der Waals surface area contributed by atoms with E-state index in [2.05, 4.69) is 16.1 Å². The van der Waals surface area contributed by atoms with Crippen molar-refractivity contribution in [2.45, 2.75) is 11.8 Å². The molecule has 0 fully saturated rings. The quantitative estimate of drug-likeness (QED) is 0.709. The summed E-state index contributed by atoms with van der Waals surface area (Å²) in [5.74, 6) is 0.883. The first-order chi connectivity index (χ1) is 9.20. The van der Waals surface area contributed by atoms with Crippen molar-refractivity contribution in [2.75, 3.05) is 5.75 Å². The maximum absolute atomic E-state index is 6.23.